The van der Waals surface area contributed by atoms with Crippen LogP contribution in [0.3, 0.4) is 0 Å². The quantitative estimate of drug-likeness (QED) is 0.693. The fraction of sp³-hybridized carbons (Fsp3) is 1.00. The second-order valence-corrected chi connectivity index (χ2v) is 6.29. The first kappa shape index (κ1) is 12.9. The van der Waals surface area contributed by atoms with Gasteiger partial charge in [0.2, 0.25) is 0 Å². The van der Waals surface area contributed by atoms with Gasteiger partial charge in [-0.3, -0.25) is 0 Å². The Morgan fingerprint density at radius 1 is 1.22 bits per heavy atom. The maximum Gasteiger partial charge on any atom is 0.0897 e. The van der Waals surface area contributed by atoms with E-state index in [9.17, 15) is 5.11 Å². The highest BCUT2D eigenvalue weighted by atomic mass is 16.5. The largest absolute Gasteiger partial charge is 0.389 e. The summed E-state index contributed by atoms with van der Waals surface area (Å²) in [4.78, 5) is 2.54. The van der Waals surface area contributed by atoms with Crippen LogP contribution in [0.4, 0.5) is 0 Å². The Balaban J connectivity index is 1.30. The summed E-state index contributed by atoms with van der Waals surface area (Å²) in [5, 5.41) is 13.4. The standard InChI is InChI=1S/C14H26N2O2/c17-13(10-18-9-11-1-2-11)7-15-14-8-16-5-3-12(14)4-6-16/h11-15,17H,1-10H2. The number of hydrogen-bond donors (Lipinski definition) is 2. The van der Waals surface area contributed by atoms with Crippen LogP contribution in [0.15, 0.2) is 0 Å². The van der Waals surface area contributed by atoms with Crippen molar-refractivity contribution in [1.29, 1.82) is 0 Å². The van der Waals surface area contributed by atoms with Crippen LogP contribution in [0.2, 0.25) is 0 Å². The highest BCUT2D eigenvalue weighted by molar-refractivity contribution is 4.91. The number of aliphatic hydroxyl groups is 1. The second-order valence-electron chi connectivity index (χ2n) is 6.29. The van der Waals surface area contributed by atoms with Gasteiger partial charge >= 0.3 is 0 Å². The van der Waals surface area contributed by atoms with Crippen molar-refractivity contribution in [3.63, 3.8) is 0 Å². The van der Waals surface area contributed by atoms with Crippen molar-refractivity contribution in [2.75, 3.05) is 39.4 Å². The number of nitrogens with one attached hydrogen (secondary N) is 1. The third kappa shape index (κ3) is 3.44. The predicted octanol–water partition coefficient (Wildman–Crippen LogP) is 0.458. The highest BCUT2D eigenvalue weighted by Gasteiger charge is 2.33. The lowest BCUT2D eigenvalue weighted by Gasteiger charge is -2.45. The van der Waals surface area contributed by atoms with Gasteiger partial charge in [-0.05, 0) is 50.6 Å². The molecule has 2 N–H and O–H groups in total. The van der Waals surface area contributed by atoms with Crippen LogP contribution in [-0.4, -0.2) is 61.5 Å². The molecule has 4 aliphatic rings. The second kappa shape index (κ2) is 5.87. The van der Waals surface area contributed by atoms with Crippen LogP contribution in [0, 0.1) is 11.8 Å². The maximum atomic E-state index is 9.88. The van der Waals surface area contributed by atoms with Crippen LogP contribution < -0.4 is 5.32 Å². The molecule has 0 aromatic heterocycles. The Hall–Kier alpha value is -0.160. The summed E-state index contributed by atoms with van der Waals surface area (Å²) >= 11 is 0. The van der Waals surface area contributed by atoms with Gasteiger partial charge in [0.05, 0.1) is 12.7 Å². The Bertz CT molecular complexity index is 263. The van der Waals surface area contributed by atoms with Crippen molar-refractivity contribution in [3.8, 4) is 0 Å². The molecule has 2 unspecified atom stereocenters. The Kier molecular flexibility index (Phi) is 4.19. The van der Waals surface area contributed by atoms with Crippen molar-refractivity contribution < 1.29 is 9.84 Å². The van der Waals surface area contributed by atoms with Gasteiger partial charge in [0.15, 0.2) is 0 Å². The summed E-state index contributed by atoms with van der Waals surface area (Å²) in [5.74, 6) is 1.61. The summed E-state index contributed by atoms with van der Waals surface area (Å²) in [6.45, 7) is 5.73. The molecule has 4 fully saturated rings. The molecule has 4 rings (SSSR count). The first-order valence-corrected chi connectivity index (χ1v) is 7.53. The molecule has 3 heterocycles. The van der Waals surface area contributed by atoms with E-state index in [1.165, 1.54) is 45.3 Å². The molecule has 0 amide bonds. The van der Waals surface area contributed by atoms with Crippen LogP contribution in [0.25, 0.3) is 0 Å². The van der Waals surface area contributed by atoms with Crippen molar-refractivity contribution in [1.82, 2.24) is 10.2 Å². The zero-order chi connectivity index (χ0) is 12.4. The fourth-order valence-corrected chi connectivity index (χ4v) is 3.20. The zero-order valence-corrected chi connectivity index (χ0v) is 11.2. The fourth-order valence-electron chi connectivity index (χ4n) is 3.20. The number of aliphatic hydroxyl groups excluding tert-OH is 1. The van der Waals surface area contributed by atoms with Crippen LogP contribution in [-0.2, 0) is 4.74 Å². The van der Waals surface area contributed by atoms with Crippen LogP contribution in [0.1, 0.15) is 25.7 Å². The molecule has 0 aromatic rings. The molecule has 4 nitrogen and oxygen atoms in total. The van der Waals surface area contributed by atoms with Gasteiger partial charge in [-0.25, -0.2) is 0 Å². The summed E-state index contributed by atoms with van der Waals surface area (Å²) in [5.41, 5.74) is 0. The van der Waals surface area contributed by atoms with Crippen LogP contribution >= 0.6 is 0 Å². The minimum atomic E-state index is -0.348. The number of piperidine rings is 3. The molecule has 1 aliphatic carbocycles. The van der Waals surface area contributed by atoms with E-state index in [1.807, 2.05) is 0 Å². The van der Waals surface area contributed by atoms with Gasteiger partial charge in [-0.15, -0.1) is 0 Å². The summed E-state index contributed by atoms with van der Waals surface area (Å²) < 4.78 is 5.52. The van der Waals surface area contributed by atoms with Crippen molar-refractivity contribution in [3.05, 3.63) is 0 Å². The first-order valence-electron chi connectivity index (χ1n) is 7.53. The molecule has 0 spiro atoms. The van der Waals surface area contributed by atoms with Crippen molar-refractivity contribution in [2.45, 2.75) is 37.8 Å². The molecule has 4 heteroatoms. The van der Waals surface area contributed by atoms with E-state index in [2.05, 4.69) is 10.2 Å². The van der Waals surface area contributed by atoms with Gasteiger partial charge in [0.25, 0.3) is 0 Å². The monoisotopic (exact) mass is 254 g/mol. The molecule has 1 saturated carbocycles. The summed E-state index contributed by atoms with van der Waals surface area (Å²) in [7, 11) is 0. The minimum absolute atomic E-state index is 0.348. The van der Waals surface area contributed by atoms with E-state index in [-0.39, 0.29) is 6.10 Å². The molecule has 0 radical (unpaired) electrons. The average Bonchev–Trinajstić information content (AvgIpc) is 3.22. The normalized spacial score (nSPS) is 36.8. The van der Waals surface area contributed by atoms with E-state index < -0.39 is 0 Å². The lowest BCUT2D eigenvalue weighted by atomic mass is 9.84. The number of nitrogens with zero attached hydrogens (tertiary/aromatic N) is 1. The molecule has 18 heavy (non-hydrogen) atoms. The molecule has 104 valence electrons. The SMILES string of the molecule is OC(CNC1CN2CCC1CC2)COCC1CC1. The molecule has 0 aromatic carbocycles. The number of rotatable bonds is 7. The first-order chi connectivity index (χ1) is 8.81. The van der Waals surface area contributed by atoms with Gasteiger partial charge < -0.3 is 20.1 Å². The molecule has 3 saturated heterocycles. The average molecular weight is 254 g/mol. The maximum absolute atomic E-state index is 9.88. The van der Waals surface area contributed by atoms with E-state index in [0.29, 0.717) is 19.2 Å². The molecular formula is C14H26N2O2. The third-order valence-corrected chi connectivity index (χ3v) is 4.63. The topological polar surface area (TPSA) is 44.7 Å². The van der Waals surface area contributed by atoms with E-state index in [1.54, 1.807) is 0 Å². The van der Waals surface area contributed by atoms with Gasteiger partial charge in [-0.2, -0.15) is 0 Å². The third-order valence-electron chi connectivity index (χ3n) is 4.63. The number of ether oxygens (including phenoxy) is 1. The van der Waals surface area contributed by atoms with E-state index in [4.69, 9.17) is 4.74 Å². The number of hydrogen-bond acceptors (Lipinski definition) is 4. The predicted molar refractivity (Wildman–Crippen MR) is 70.5 cm³/mol. The Labute approximate surface area is 110 Å². The lowest BCUT2D eigenvalue weighted by molar-refractivity contribution is 0.0212. The zero-order valence-electron chi connectivity index (χ0n) is 11.2. The Morgan fingerprint density at radius 3 is 2.61 bits per heavy atom. The Morgan fingerprint density at radius 2 is 2.00 bits per heavy atom. The van der Waals surface area contributed by atoms with Crippen molar-refractivity contribution >= 4 is 0 Å². The minimum Gasteiger partial charge on any atom is -0.389 e. The van der Waals surface area contributed by atoms with Gasteiger partial charge in [-0.1, -0.05) is 0 Å². The van der Waals surface area contributed by atoms with E-state index in [0.717, 1.165) is 18.4 Å². The van der Waals surface area contributed by atoms with Gasteiger partial charge in [0, 0.05) is 25.7 Å². The van der Waals surface area contributed by atoms with Crippen molar-refractivity contribution in [2.24, 2.45) is 11.8 Å². The van der Waals surface area contributed by atoms with Gasteiger partial charge in [0.1, 0.15) is 0 Å². The molecule has 3 aliphatic heterocycles. The highest BCUT2D eigenvalue weighted by Crippen LogP contribution is 2.29. The smallest absolute Gasteiger partial charge is 0.0897 e. The summed E-state index contributed by atoms with van der Waals surface area (Å²) in [6.07, 6.45) is 4.93. The number of fused-ring (bicyclic) bond motifs is 3. The molecular weight excluding hydrogens is 228 g/mol. The lowest BCUT2D eigenvalue weighted by Crippen LogP contribution is -2.57. The summed E-state index contributed by atoms with van der Waals surface area (Å²) in [6, 6.07) is 0.589. The molecule has 2 bridgehead atoms. The molecule has 2 atom stereocenters. The van der Waals surface area contributed by atoms with Crippen LogP contribution in [0.5, 0.6) is 0 Å². The van der Waals surface area contributed by atoms with E-state index >= 15 is 0 Å².